The van der Waals surface area contributed by atoms with Gasteiger partial charge < -0.3 is 4.79 Å². The van der Waals surface area contributed by atoms with Crippen LogP contribution in [0.4, 0.5) is 0 Å². The topological polar surface area (TPSA) is 30.0 Å². The van der Waals surface area contributed by atoms with Crippen molar-refractivity contribution in [2.45, 2.75) is 12.8 Å². The van der Waals surface area contributed by atoms with Crippen molar-refractivity contribution < 1.29 is 4.79 Å². The van der Waals surface area contributed by atoms with Gasteiger partial charge in [0, 0.05) is 6.42 Å². The fraction of sp³-hybridized carbons (Fsp3) is 0.200. The Hall–Kier alpha value is -1.22. The molecule has 2 aromatic rings. The van der Waals surface area contributed by atoms with Gasteiger partial charge in [-0.1, -0.05) is 6.07 Å². The number of benzene rings is 1. The van der Waals surface area contributed by atoms with Crippen LogP contribution in [0.5, 0.6) is 0 Å². The third-order valence-electron chi connectivity index (χ3n) is 1.95. The smallest absolute Gasteiger partial charge is 0.120 e. The van der Waals surface area contributed by atoms with Gasteiger partial charge in [0.05, 0.1) is 15.7 Å². The van der Waals surface area contributed by atoms with Crippen LogP contribution in [0.15, 0.2) is 23.7 Å². The number of hydrogen-bond donors (Lipinski definition) is 0. The van der Waals surface area contributed by atoms with E-state index in [2.05, 4.69) is 11.1 Å². The normalized spacial score (nSPS) is 10.5. The fourth-order valence-corrected chi connectivity index (χ4v) is 2.02. The quantitative estimate of drug-likeness (QED) is 0.697. The monoisotopic (exact) mass is 191 g/mol. The van der Waals surface area contributed by atoms with E-state index in [0.29, 0.717) is 6.42 Å². The molecular formula is C10H9NOS. The molecule has 2 rings (SSSR count). The maximum Gasteiger partial charge on any atom is 0.120 e. The van der Waals surface area contributed by atoms with Crippen LogP contribution >= 0.6 is 11.3 Å². The molecule has 1 aromatic heterocycles. The number of aryl methyl sites for hydroxylation is 1. The highest BCUT2D eigenvalue weighted by Crippen LogP contribution is 2.19. The van der Waals surface area contributed by atoms with Gasteiger partial charge in [-0.25, -0.2) is 4.98 Å². The zero-order chi connectivity index (χ0) is 9.10. The van der Waals surface area contributed by atoms with E-state index in [1.807, 2.05) is 17.6 Å². The summed E-state index contributed by atoms with van der Waals surface area (Å²) in [5.74, 6) is 0. The molecule has 0 unspecified atom stereocenters. The number of thiazole rings is 1. The van der Waals surface area contributed by atoms with E-state index in [-0.39, 0.29) is 0 Å². The molecule has 0 fully saturated rings. The molecule has 0 saturated carbocycles. The minimum atomic E-state index is 0.601. The number of nitrogens with zero attached hydrogens (tertiary/aromatic N) is 1. The molecule has 13 heavy (non-hydrogen) atoms. The van der Waals surface area contributed by atoms with Gasteiger partial charge in [-0.3, -0.25) is 0 Å². The SMILES string of the molecule is O=CCCc1ccc2ncsc2c1. The standard InChI is InChI=1S/C10H9NOS/c12-5-1-2-8-3-4-9-10(6-8)13-7-11-9/h3-7H,1-2H2. The van der Waals surface area contributed by atoms with Crippen molar-refractivity contribution >= 4 is 27.8 Å². The molecule has 0 bridgehead atoms. The molecule has 0 spiro atoms. The molecular weight excluding hydrogens is 182 g/mol. The minimum absolute atomic E-state index is 0.601. The Morgan fingerprint density at radius 3 is 3.23 bits per heavy atom. The van der Waals surface area contributed by atoms with Gasteiger partial charge in [-0.2, -0.15) is 0 Å². The van der Waals surface area contributed by atoms with Crippen molar-refractivity contribution in [3.05, 3.63) is 29.3 Å². The highest BCUT2D eigenvalue weighted by Gasteiger charge is 1.97. The molecule has 66 valence electrons. The Bertz CT molecular complexity index is 422. The van der Waals surface area contributed by atoms with Gasteiger partial charge in [0.15, 0.2) is 0 Å². The van der Waals surface area contributed by atoms with Gasteiger partial charge in [-0.05, 0) is 24.1 Å². The second-order valence-electron chi connectivity index (χ2n) is 2.86. The maximum atomic E-state index is 10.2. The number of hydrogen-bond acceptors (Lipinski definition) is 3. The number of aldehydes is 1. The molecule has 0 aliphatic heterocycles. The summed E-state index contributed by atoms with van der Waals surface area (Å²) < 4.78 is 1.20. The Labute approximate surface area is 80.2 Å². The van der Waals surface area contributed by atoms with Gasteiger partial charge in [0.1, 0.15) is 6.29 Å². The maximum absolute atomic E-state index is 10.2. The van der Waals surface area contributed by atoms with E-state index in [9.17, 15) is 4.79 Å². The van der Waals surface area contributed by atoms with E-state index in [4.69, 9.17) is 0 Å². The predicted octanol–water partition coefficient (Wildman–Crippen LogP) is 2.43. The molecule has 2 nitrogen and oxygen atoms in total. The second-order valence-corrected chi connectivity index (χ2v) is 3.75. The van der Waals surface area contributed by atoms with Crippen LogP contribution in [-0.4, -0.2) is 11.3 Å². The van der Waals surface area contributed by atoms with E-state index in [1.54, 1.807) is 11.3 Å². The lowest BCUT2D eigenvalue weighted by Crippen LogP contribution is -1.84. The Morgan fingerprint density at radius 2 is 2.38 bits per heavy atom. The van der Waals surface area contributed by atoms with Crippen LogP contribution in [0.3, 0.4) is 0 Å². The first-order valence-corrected chi connectivity index (χ1v) is 5.04. The number of rotatable bonds is 3. The van der Waals surface area contributed by atoms with Crippen LogP contribution in [0, 0.1) is 0 Å². The molecule has 0 aliphatic carbocycles. The number of fused-ring (bicyclic) bond motifs is 1. The van der Waals surface area contributed by atoms with Crippen molar-refractivity contribution in [3.8, 4) is 0 Å². The van der Waals surface area contributed by atoms with Crippen LogP contribution in [-0.2, 0) is 11.2 Å². The average molecular weight is 191 g/mol. The van der Waals surface area contributed by atoms with Crippen LogP contribution in [0.1, 0.15) is 12.0 Å². The average Bonchev–Trinajstić information content (AvgIpc) is 2.61. The first-order chi connectivity index (χ1) is 6.40. The van der Waals surface area contributed by atoms with Crippen molar-refractivity contribution in [1.82, 2.24) is 4.98 Å². The predicted molar refractivity (Wildman–Crippen MR) is 54.0 cm³/mol. The zero-order valence-electron chi connectivity index (χ0n) is 7.06. The summed E-state index contributed by atoms with van der Waals surface area (Å²) >= 11 is 1.64. The van der Waals surface area contributed by atoms with Crippen LogP contribution in [0.2, 0.25) is 0 Å². The van der Waals surface area contributed by atoms with Gasteiger partial charge in [0.25, 0.3) is 0 Å². The molecule has 0 N–H and O–H groups in total. The summed E-state index contributed by atoms with van der Waals surface area (Å²) in [7, 11) is 0. The lowest BCUT2D eigenvalue weighted by Gasteiger charge is -1.96. The summed E-state index contributed by atoms with van der Waals surface area (Å²) in [4.78, 5) is 14.4. The first kappa shape index (κ1) is 8.38. The van der Waals surface area contributed by atoms with Crippen molar-refractivity contribution in [1.29, 1.82) is 0 Å². The highest BCUT2D eigenvalue weighted by atomic mass is 32.1. The lowest BCUT2D eigenvalue weighted by atomic mass is 10.1. The zero-order valence-corrected chi connectivity index (χ0v) is 7.88. The minimum Gasteiger partial charge on any atom is -0.303 e. The molecule has 1 heterocycles. The fourth-order valence-electron chi connectivity index (χ4n) is 1.28. The summed E-state index contributed by atoms with van der Waals surface area (Å²) in [6, 6.07) is 6.15. The third kappa shape index (κ3) is 1.75. The summed E-state index contributed by atoms with van der Waals surface area (Å²) in [5, 5.41) is 0. The lowest BCUT2D eigenvalue weighted by molar-refractivity contribution is -0.107. The van der Waals surface area contributed by atoms with Crippen molar-refractivity contribution in [3.63, 3.8) is 0 Å². The molecule has 1 aromatic carbocycles. The van der Waals surface area contributed by atoms with E-state index < -0.39 is 0 Å². The van der Waals surface area contributed by atoms with Crippen LogP contribution < -0.4 is 0 Å². The first-order valence-electron chi connectivity index (χ1n) is 4.16. The molecule has 0 aliphatic rings. The molecule has 0 radical (unpaired) electrons. The van der Waals surface area contributed by atoms with E-state index >= 15 is 0 Å². The highest BCUT2D eigenvalue weighted by molar-refractivity contribution is 7.16. The summed E-state index contributed by atoms with van der Waals surface area (Å²) in [6.45, 7) is 0. The second kappa shape index (κ2) is 3.66. The van der Waals surface area contributed by atoms with E-state index in [0.717, 1.165) is 18.2 Å². The van der Waals surface area contributed by atoms with Crippen molar-refractivity contribution in [2.24, 2.45) is 0 Å². The number of carbonyl (C=O) groups excluding carboxylic acids is 1. The summed E-state index contributed by atoms with van der Waals surface area (Å²) in [5.41, 5.74) is 4.09. The molecule has 0 atom stereocenters. The third-order valence-corrected chi connectivity index (χ3v) is 2.74. The summed E-state index contributed by atoms with van der Waals surface area (Å²) in [6.07, 6.45) is 2.39. The van der Waals surface area contributed by atoms with Crippen LogP contribution in [0.25, 0.3) is 10.2 Å². The largest absolute Gasteiger partial charge is 0.303 e. The Morgan fingerprint density at radius 1 is 1.46 bits per heavy atom. The molecule has 0 saturated heterocycles. The van der Waals surface area contributed by atoms with Gasteiger partial charge in [0.2, 0.25) is 0 Å². The Balaban J connectivity index is 2.31. The Kier molecular flexibility index (Phi) is 2.36. The van der Waals surface area contributed by atoms with Crippen molar-refractivity contribution in [2.75, 3.05) is 0 Å². The van der Waals surface area contributed by atoms with Gasteiger partial charge >= 0.3 is 0 Å². The molecule has 0 amide bonds. The molecule has 3 heteroatoms. The van der Waals surface area contributed by atoms with Gasteiger partial charge in [-0.15, -0.1) is 11.3 Å². The number of aromatic nitrogens is 1. The number of carbonyl (C=O) groups is 1. The van der Waals surface area contributed by atoms with E-state index in [1.165, 1.54) is 10.3 Å².